The maximum Gasteiger partial charge on any atom is 0.333 e. The first-order valence-corrected chi connectivity index (χ1v) is 22.4. The minimum atomic E-state index is -2.82. The van der Waals surface area contributed by atoms with Gasteiger partial charge in [0.05, 0.1) is 33.5 Å². The van der Waals surface area contributed by atoms with Crippen LogP contribution in [0, 0.1) is 23.2 Å². The molecule has 4 unspecified atom stereocenters. The van der Waals surface area contributed by atoms with Crippen LogP contribution in [0.15, 0.2) is 120 Å². The summed E-state index contributed by atoms with van der Waals surface area (Å²) in [4.78, 5) is 14.0. The number of unbranched alkanes of at least 4 members (excludes halogenated alkanes) is 3. The van der Waals surface area contributed by atoms with Crippen molar-refractivity contribution in [2.75, 3.05) is 34.0 Å². The van der Waals surface area contributed by atoms with E-state index >= 15 is 0 Å². The van der Waals surface area contributed by atoms with E-state index in [4.69, 9.17) is 23.4 Å². The SMILES string of the molecule is C/C=C/CCCCC[C@@H]1C=C2C3OC(c4ccc(OC)cc4)OCC2(CO)CC=C(C(=O)OC)C3[C@H]1CCO[Si](c1ccccc1)(c1ccccc1)C(C)(C)C. The van der Waals surface area contributed by atoms with E-state index in [-0.39, 0.29) is 42.0 Å². The van der Waals surface area contributed by atoms with Gasteiger partial charge in [-0.05, 0) is 84.0 Å². The molecule has 4 bridgehead atoms. The summed E-state index contributed by atoms with van der Waals surface area (Å²) in [6, 6.07) is 29.3. The highest BCUT2D eigenvalue weighted by Crippen LogP contribution is 2.55. The van der Waals surface area contributed by atoms with Crippen LogP contribution in [0.5, 0.6) is 5.75 Å². The van der Waals surface area contributed by atoms with Crippen LogP contribution < -0.4 is 15.1 Å². The number of carbonyl (C=O) groups is 1. The lowest BCUT2D eigenvalue weighted by atomic mass is 9.63. The minimum absolute atomic E-state index is 0.00645. The van der Waals surface area contributed by atoms with Crippen LogP contribution in [0.4, 0.5) is 0 Å². The monoisotopic (exact) mass is 778 g/mol. The van der Waals surface area contributed by atoms with Gasteiger partial charge in [0.2, 0.25) is 0 Å². The first-order valence-electron chi connectivity index (χ1n) is 20.5. The smallest absolute Gasteiger partial charge is 0.333 e. The number of hydrogen-bond acceptors (Lipinski definition) is 7. The van der Waals surface area contributed by atoms with E-state index in [2.05, 4.69) is 107 Å². The minimum Gasteiger partial charge on any atom is -0.497 e. The van der Waals surface area contributed by atoms with Gasteiger partial charge in [-0.2, -0.15) is 0 Å². The highest BCUT2D eigenvalue weighted by molar-refractivity contribution is 6.99. The molecule has 1 aliphatic heterocycles. The summed E-state index contributed by atoms with van der Waals surface area (Å²) in [5.74, 6) is 0.217. The van der Waals surface area contributed by atoms with Crippen molar-refractivity contribution in [2.24, 2.45) is 23.2 Å². The van der Waals surface area contributed by atoms with Crippen LogP contribution in [-0.2, 0) is 23.4 Å². The molecule has 0 saturated carbocycles. The first-order chi connectivity index (χ1) is 27.1. The van der Waals surface area contributed by atoms with E-state index in [0.717, 1.165) is 55.4 Å². The van der Waals surface area contributed by atoms with E-state index in [9.17, 15) is 9.90 Å². The Labute approximate surface area is 335 Å². The molecule has 3 aromatic rings. The molecule has 2 aliphatic carbocycles. The quantitative estimate of drug-likeness (QED) is 0.0674. The Hall–Kier alpha value is -3.79. The van der Waals surface area contributed by atoms with Gasteiger partial charge in [-0.1, -0.05) is 131 Å². The van der Waals surface area contributed by atoms with Crippen LogP contribution in [0.1, 0.15) is 84.5 Å². The van der Waals surface area contributed by atoms with Crippen molar-refractivity contribution in [1.29, 1.82) is 0 Å². The molecular formula is C48H62O7Si. The Morgan fingerprint density at radius 2 is 1.61 bits per heavy atom. The summed E-state index contributed by atoms with van der Waals surface area (Å²) in [5.41, 5.74) is 1.79. The highest BCUT2D eigenvalue weighted by Gasteiger charge is 2.55. The summed E-state index contributed by atoms with van der Waals surface area (Å²) < 4.78 is 32.2. The fraction of sp³-hybridized carbons (Fsp3) is 0.479. The molecule has 3 aliphatic rings. The number of esters is 1. The normalized spacial score (nSPS) is 25.2. The van der Waals surface area contributed by atoms with Gasteiger partial charge in [-0.3, -0.25) is 0 Å². The molecule has 0 spiro atoms. The fourth-order valence-corrected chi connectivity index (χ4v) is 14.1. The third-order valence-corrected chi connectivity index (χ3v) is 17.5. The van der Waals surface area contributed by atoms with Crippen LogP contribution in [0.2, 0.25) is 5.04 Å². The molecule has 7 nitrogen and oxygen atoms in total. The summed E-state index contributed by atoms with van der Waals surface area (Å²) in [7, 11) is 0.284. The first kappa shape index (κ1) is 41.8. The van der Waals surface area contributed by atoms with Gasteiger partial charge in [0.15, 0.2) is 6.29 Å². The van der Waals surface area contributed by atoms with E-state index in [1.54, 1.807) is 7.11 Å². The van der Waals surface area contributed by atoms with Crippen molar-refractivity contribution >= 4 is 24.7 Å². The zero-order valence-electron chi connectivity index (χ0n) is 34.2. The molecule has 1 fully saturated rings. The van der Waals surface area contributed by atoms with Crippen molar-refractivity contribution < 1.29 is 33.3 Å². The Bertz CT molecular complexity index is 1770. The largest absolute Gasteiger partial charge is 0.497 e. The van der Waals surface area contributed by atoms with Crippen molar-refractivity contribution in [2.45, 2.75) is 90.1 Å². The maximum atomic E-state index is 14.0. The number of ether oxygens (including phenoxy) is 4. The van der Waals surface area contributed by atoms with Crippen molar-refractivity contribution in [3.63, 3.8) is 0 Å². The number of methoxy groups -OCH3 is 2. The zero-order valence-corrected chi connectivity index (χ0v) is 35.2. The molecule has 6 atom stereocenters. The second-order valence-corrected chi connectivity index (χ2v) is 21.1. The molecule has 1 heterocycles. The lowest BCUT2D eigenvalue weighted by molar-refractivity contribution is -0.174. The van der Waals surface area contributed by atoms with Gasteiger partial charge in [-0.15, -0.1) is 0 Å². The van der Waals surface area contributed by atoms with E-state index in [1.165, 1.54) is 17.5 Å². The van der Waals surface area contributed by atoms with Gasteiger partial charge in [0, 0.05) is 29.1 Å². The fourth-order valence-electron chi connectivity index (χ4n) is 9.53. The number of aliphatic hydroxyl groups excluding tert-OH is 1. The van der Waals surface area contributed by atoms with Gasteiger partial charge in [-0.25, -0.2) is 4.79 Å². The van der Waals surface area contributed by atoms with Crippen molar-refractivity contribution in [3.05, 3.63) is 126 Å². The predicted octanol–water partition coefficient (Wildman–Crippen LogP) is 8.87. The number of aliphatic hydroxyl groups is 1. The van der Waals surface area contributed by atoms with Gasteiger partial charge < -0.3 is 28.5 Å². The number of carbonyl (C=O) groups excluding carboxylic acids is 1. The van der Waals surface area contributed by atoms with Crippen LogP contribution in [0.25, 0.3) is 0 Å². The Balaban J connectivity index is 1.43. The Kier molecular flexibility index (Phi) is 13.9. The highest BCUT2D eigenvalue weighted by atomic mass is 28.4. The molecule has 0 aromatic heterocycles. The molecule has 0 radical (unpaired) electrons. The molecule has 300 valence electrons. The zero-order chi connectivity index (χ0) is 39.8. The van der Waals surface area contributed by atoms with Gasteiger partial charge in [0.1, 0.15) is 5.75 Å². The summed E-state index contributed by atoms with van der Waals surface area (Å²) in [6.07, 6.45) is 14.1. The van der Waals surface area contributed by atoms with E-state index < -0.39 is 26.1 Å². The average Bonchev–Trinajstić information content (AvgIpc) is 3.43. The molecule has 1 N–H and O–H groups in total. The van der Waals surface area contributed by atoms with Crippen LogP contribution in [0.3, 0.4) is 0 Å². The third kappa shape index (κ3) is 8.55. The number of hydrogen-bond donors (Lipinski definition) is 1. The Morgan fingerprint density at radius 3 is 2.20 bits per heavy atom. The predicted molar refractivity (Wildman–Crippen MR) is 225 cm³/mol. The lowest BCUT2D eigenvalue weighted by Gasteiger charge is -2.46. The third-order valence-electron chi connectivity index (χ3n) is 12.4. The topological polar surface area (TPSA) is 83.5 Å². The number of allylic oxidation sites excluding steroid dienone is 4. The van der Waals surface area contributed by atoms with E-state index in [0.29, 0.717) is 18.6 Å². The van der Waals surface area contributed by atoms with Gasteiger partial charge >= 0.3 is 5.97 Å². The standard InChI is InChI=1S/C48H62O7Si/c1-7-8-9-10-11-14-19-36-32-42-44-43(40(36)29-31-54-56(47(2,3)4,38-20-15-12-16-21-38)39-22-17-13-18-23-39)41(45(50)52-6)28-30-48(42,33-49)34-53-46(55-44)35-24-26-37(51-5)27-25-35/h7-8,12-13,15-18,20-28,32,36,40,43-44,46,49H,9-11,14,19,29-31,33-34H2,1-6H3/b8-7+/t36-,40+,43?,44?,46?,48?/m1/s1. The average molecular weight is 779 g/mol. The molecule has 1 saturated heterocycles. The Morgan fingerprint density at radius 1 is 0.929 bits per heavy atom. The summed E-state index contributed by atoms with van der Waals surface area (Å²) in [5, 5.41) is 13.6. The molecule has 8 heteroatoms. The molecule has 0 amide bonds. The maximum absolute atomic E-state index is 14.0. The van der Waals surface area contributed by atoms with E-state index in [1.807, 2.05) is 30.3 Å². The second-order valence-electron chi connectivity index (χ2n) is 16.7. The van der Waals surface area contributed by atoms with Crippen molar-refractivity contribution in [1.82, 2.24) is 0 Å². The summed E-state index contributed by atoms with van der Waals surface area (Å²) >= 11 is 0. The number of rotatable bonds is 16. The summed E-state index contributed by atoms with van der Waals surface area (Å²) in [6.45, 7) is 9.65. The van der Waals surface area contributed by atoms with Gasteiger partial charge in [0.25, 0.3) is 8.32 Å². The second kappa shape index (κ2) is 18.6. The number of benzene rings is 3. The molecular weight excluding hydrogens is 717 g/mol. The lowest BCUT2D eigenvalue weighted by Crippen LogP contribution is -2.66. The molecule has 6 rings (SSSR count). The van der Waals surface area contributed by atoms with Crippen LogP contribution in [-0.4, -0.2) is 59.5 Å². The molecule has 3 aromatic carbocycles. The van der Waals surface area contributed by atoms with Crippen molar-refractivity contribution in [3.8, 4) is 5.75 Å². The molecule has 56 heavy (non-hydrogen) atoms. The van der Waals surface area contributed by atoms with Crippen LogP contribution >= 0.6 is 0 Å².